The van der Waals surface area contributed by atoms with Crippen molar-refractivity contribution in [2.24, 2.45) is 5.92 Å². The second-order valence-electron chi connectivity index (χ2n) is 13.6. The number of hydrogen-bond acceptors (Lipinski definition) is 14. The Labute approximate surface area is 318 Å². The van der Waals surface area contributed by atoms with Gasteiger partial charge >= 0.3 is 35.8 Å². The zero-order chi connectivity index (χ0) is 40.2. The third kappa shape index (κ3) is 16.2. The Balaban J connectivity index is 1.80. The molecule has 14 heteroatoms. The van der Waals surface area contributed by atoms with Crippen LogP contribution in [-0.2, 0) is 65.4 Å². The highest BCUT2D eigenvalue weighted by Gasteiger charge is 2.34. The lowest BCUT2D eigenvalue weighted by Crippen LogP contribution is -2.30. The molecule has 1 aromatic rings. The molecule has 0 bridgehead atoms. The predicted molar refractivity (Wildman–Crippen MR) is 196 cm³/mol. The lowest BCUT2D eigenvalue weighted by molar-refractivity contribution is -0.166. The average molecular weight is 763 g/mol. The topological polar surface area (TPSA) is 176 Å². The van der Waals surface area contributed by atoms with Crippen molar-refractivity contribution in [2.75, 3.05) is 27.4 Å². The van der Waals surface area contributed by atoms with E-state index in [9.17, 15) is 28.8 Å². The van der Waals surface area contributed by atoms with Gasteiger partial charge in [-0.2, -0.15) is 0 Å². The van der Waals surface area contributed by atoms with Gasteiger partial charge in [0.05, 0.1) is 14.2 Å². The van der Waals surface area contributed by atoms with Gasteiger partial charge in [-0.05, 0) is 44.6 Å². The first-order valence-corrected chi connectivity index (χ1v) is 18.6. The third-order valence-electron chi connectivity index (χ3n) is 8.90. The van der Waals surface area contributed by atoms with Gasteiger partial charge < -0.3 is 37.9 Å². The van der Waals surface area contributed by atoms with Crippen molar-refractivity contribution in [1.82, 2.24) is 0 Å². The zero-order valence-corrected chi connectivity index (χ0v) is 33.1. The minimum absolute atomic E-state index is 0.0852. The zero-order valence-electron chi connectivity index (χ0n) is 33.1. The lowest BCUT2D eigenvalue weighted by atomic mass is 9.94. The van der Waals surface area contributed by atoms with Crippen LogP contribution in [-0.4, -0.2) is 75.6 Å². The van der Waals surface area contributed by atoms with Gasteiger partial charge in [0.15, 0.2) is 6.10 Å². The average Bonchev–Trinajstić information content (AvgIpc) is 3.50. The molecule has 0 fully saturated rings. The van der Waals surface area contributed by atoms with E-state index < -0.39 is 42.2 Å². The van der Waals surface area contributed by atoms with Crippen LogP contribution >= 0.6 is 0 Å². The molecule has 54 heavy (non-hydrogen) atoms. The molecule has 0 amide bonds. The minimum atomic E-state index is -0.988. The molecule has 2 unspecified atom stereocenters. The number of benzene rings is 1. The summed E-state index contributed by atoms with van der Waals surface area (Å²) in [6.45, 7) is 9.53. The molecule has 0 aliphatic carbocycles. The van der Waals surface area contributed by atoms with Crippen LogP contribution in [0.15, 0.2) is 11.6 Å². The first-order chi connectivity index (χ1) is 25.7. The Morgan fingerprint density at radius 3 is 2.02 bits per heavy atom. The number of rotatable bonds is 25. The highest BCUT2D eigenvalue weighted by Crippen LogP contribution is 2.43. The summed E-state index contributed by atoms with van der Waals surface area (Å²) in [7, 11) is 2.89. The number of carbonyl (C=O) groups excluding carboxylic acids is 6. The fourth-order valence-corrected chi connectivity index (χ4v) is 5.98. The minimum Gasteiger partial charge on any atom is -0.496 e. The normalized spacial score (nSPS) is 13.4. The van der Waals surface area contributed by atoms with Gasteiger partial charge in [0.2, 0.25) is 6.29 Å². The summed E-state index contributed by atoms with van der Waals surface area (Å²) in [4.78, 5) is 71.8. The Hall–Kier alpha value is -4.62. The molecule has 0 aromatic heterocycles. The molecular weight excluding hydrogens is 704 g/mol. The summed E-state index contributed by atoms with van der Waals surface area (Å²) in [5.74, 6) is -1.84. The molecule has 2 rings (SSSR count). The van der Waals surface area contributed by atoms with Crippen LogP contribution in [0.25, 0.3) is 0 Å². The van der Waals surface area contributed by atoms with Gasteiger partial charge in [0, 0.05) is 51.2 Å². The largest absolute Gasteiger partial charge is 0.496 e. The number of unbranched alkanes of at least 4 members (excludes halogenated alkanes) is 5. The molecule has 0 saturated carbocycles. The fraction of sp³-hybridized carbons (Fsp3) is 0.650. The smallest absolute Gasteiger partial charge is 0.342 e. The van der Waals surface area contributed by atoms with E-state index in [1.165, 1.54) is 21.0 Å². The van der Waals surface area contributed by atoms with E-state index in [2.05, 4.69) is 0 Å². The molecule has 0 N–H and O–H groups in total. The van der Waals surface area contributed by atoms with Gasteiger partial charge in [0.1, 0.15) is 36.9 Å². The van der Waals surface area contributed by atoms with Gasteiger partial charge in [-0.3, -0.25) is 24.0 Å². The van der Waals surface area contributed by atoms with Crippen molar-refractivity contribution in [3.8, 4) is 11.5 Å². The summed E-state index contributed by atoms with van der Waals surface area (Å²) in [5, 5.41) is 0. The Bertz CT molecular complexity index is 1460. The molecule has 1 aromatic carbocycles. The molecular formula is C40H58O14. The van der Waals surface area contributed by atoms with Crippen molar-refractivity contribution in [3.63, 3.8) is 0 Å². The van der Waals surface area contributed by atoms with E-state index in [1.54, 1.807) is 14.0 Å². The first kappa shape index (κ1) is 45.5. The fourth-order valence-electron chi connectivity index (χ4n) is 5.98. The van der Waals surface area contributed by atoms with Crippen LogP contribution in [0.1, 0.15) is 132 Å². The summed E-state index contributed by atoms with van der Waals surface area (Å²) < 4.78 is 42.7. The maximum absolute atomic E-state index is 12.8. The van der Waals surface area contributed by atoms with Gasteiger partial charge in [-0.1, -0.05) is 57.1 Å². The number of fused-ring (bicyclic) bond motifs is 1. The molecule has 14 nitrogen and oxygen atoms in total. The number of ether oxygens (including phenoxy) is 8. The predicted octanol–water partition coefficient (Wildman–Crippen LogP) is 6.57. The second-order valence-corrected chi connectivity index (χ2v) is 13.6. The van der Waals surface area contributed by atoms with E-state index in [-0.39, 0.29) is 56.7 Å². The number of carbonyl (C=O) groups is 6. The van der Waals surface area contributed by atoms with E-state index in [0.29, 0.717) is 41.7 Å². The molecule has 1 aliphatic heterocycles. The molecule has 0 spiro atoms. The molecule has 302 valence electrons. The van der Waals surface area contributed by atoms with Crippen LogP contribution in [0.4, 0.5) is 0 Å². The molecule has 0 radical (unpaired) electrons. The number of hydrogen-bond donors (Lipinski definition) is 0. The quantitative estimate of drug-likeness (QED) is 0.0344. The second kappa shape index (κ2) is 23.9. The molecule has 2 atom stereocenters. The molecule has 1 heterocycles. The van der Waals surface area contributed by atoms with Crippen molar-refractivity contribution in [1.29, 1.82) is 0 Å². The Morgan fingerprint density at radius 1 is 0.778 bits per heavy atom. The Morgan fingerprint density at radius 2 is 1.41 bits per heavy atom. The van der Waals surface area contributed by atoms with Gasteiger partial charge in [-0.15, -0.1) is 0 Å². The summed E-state index contributed by atoms with van der Waals surface area (Å²) >= 11 is 0. The van der Waals surface area contributed by atoms with Crippen LogP contribution < -0.4 is 9.47 Å². The van der Waals surface area contributed by atoms with Crippen molar-refractivity contribution < 1.29 is 66.7 Å². The van der Waals surface area contributed by atoms with Crippen molar-refractivity contribution in [3.05, 3.63) is 33.9 Å². The standard InChI is InChI=1S/C40H58O14/c1-25(18-20-34(43)47-7)17-19-32-38(48-8)27(3)33-24-51-40(46)37(33)39(32)53-30(6)52-35(44)16-14-12-10-9-11-13-15-26(2)21-36(45)54-31(22-49-28(4)41)23-50-29(5)42/h17,26,30-31H,9-16,18-24H2,1-8H3/b25-17+. The van der Waals surface area contributed by atoms with E-state index >= 15 is 0 Å². The Kier molecular flexibility index (Phi) is 20.2. The molecule has 0 saturated heterocycles. The van der Waals surface area contributed by atoms with E-state index in [0.717, 1.165) is 49.7 Å². The highest BCUT2D eigenvalue weighted by molar-refractivity contribution is 5.98. The van der Waals surface area contributed by atoms with Gasteiger partial charge in [0.25, 0.3) is 0 Å². The summed E-state index contributed by atoms with van der Waals surface area (Å²) in [6, 6.07) is 0. The highest BCUT2D eigenvalue weighted by atomic mass is 16.7. The number of esters is 6. The SMILES string of the molecule is COC(=O)CC/C(C)=C/Cc1c(OC)c(C)c2c(c1OC(C)OC(=O)CCCCCCCCC(C)CC(=O)OC(COC(C)=O)COC(C)=O)C(=O)OC2. The van der Waals surface area contributed by atoms with Crippen LogP contribution in [0.2, 0.25) is 0 Å². The van der Waals surface area contributed by atoms with Gasteiger partial charge in [-0.25, -0.2) is 4.79 Å². The van der Waals surface area contributed by atoms with E-state index in [1.807, 2.05) is 26.8 Å². The third-order valence-corrected chi connectivity index (χ3v) is 8.90. The van der Waals surface area contributed by atoms with E-state index in [4.69, 9.17) is 37.9 Å². The van der Waals surface area contributed by atoms with Crippen LogP contribution in [0.5, 0.6) is 11.5 Å². The summed E-state index contributed by atoms with van der Waals surface area (Å²) in [5.41, 5.74) is 3.29. The van der Waals surface area contributed by atoms with Crippen molar-refractivity contribution in [2.45, 2.75) is 138 Å². The monoisotopic (exact) mass is 762 g/mol. The maximum atomic E-state index is 12.8. The molecule has 1 aliphatic rings. The maximum Gasteiger partial charge on any atom is 0.342 e. The first-order valence-electron chi connectivity index (χ1n) is 18.6. The van der Waals surface area contributed by atoms with Crippen LogP contribution in [0.3, 0.4) is 0 Å². The summed E-state index contributed by atoms with van der Waals surface area (Å²) in [6.07, 6.45) is 7.76. The number of methoxy groups -OCH3 is 2. The number of cyclic esters (lactones) is 1. The van der Waals surface area contributed by atoms with Crippen LogP contribution in [0, 0.1) is 12.8 Å². The lowest BCUT2D eigenvalue weighted by Gasteiger charge is -2.22. The number of allylic oxidation sites excluding steroid dienone is 2. The van der Waals surface area contributed by atoms with Crippen molar-refractivity contribution >= 4 is 35.8 Å².